The van der Waals surface area contributed by atoms with Gasteiger partial charge in [-0.05, 0) is 25.1 Å². The van der Waals surface area contributed by atoms with E-state index < -0.39 is 0 Å². The molecule has 0 saturated carbocycles. The third-order valence-corrected chi connectivity index (χ3v) is 4.21. The van der Waals surface area contributed by atoms with E-state index in [2.05, 4.69) is 10.2 Å². The van der Waals surface area contributed by atoms with Crippen molar-refractivity contribution in [3.63, 3.8) is 0 Å². The lowest BCUT2D eigenvalue weighted by atomic mass is 10.1. The molecule has 0 radical (unpaired) electrons. The third-order valence-electron chi connectivity index (χ3n) is 3.22. The fourth-order valence-electron chi connectivity index (χ4n) is 2.25. The number of thiophene rings is 1. The maximum absolute atomic E-state index is 12.6. The zero-order chi connectivity index (χ0) is 13.2. The van der Waals surface area contributed by atoms with Gasteiger partial charge in [0.2, 0.25) is 0 Å². The summed E-state index contributed by atoms with van der Waals surface area (Å²) in [6.45, 7) is 3.71. The molecule has 1 aliphatic rings. The van der Waals surface area contributed by atoms with Crippen LogP contribution in [0.15, 0.2) is 24.4 Å². The predicted molar refractivity (Wildman–Crippen MR) is 72.2 cm³/mol. The van der Waals surface area contributed by atoms with E-state index in [9.17, 15) is 4.79 Å². The zero-order valence-corrected chi connectivity index (χ0v) is 11.4. The van der Waals surface area contributed by atoms with Crippen molar-refractivity contribution >= 4 is 17.2 Å². The minimum absolute atomic E-state index is 0.0704. The second-order valence-electron chi connectivity index (χ2n) is 4.51. The molecule has 3 heterocycles. The van der Waals surface area contributed by atoms with Crippen LogP contribution in [0.25, 0.3) is 0 Å². The van der Waals surface area contributed by atoms with Gasteiger partial charge in [0.1, 0.15) is 0 Å². The second kappa shape index (κ2) is 5.14. The number of H-pyrrole nitrogens is 1. The maximum atomic E-state index is 12.6. The van der Waals surface area contributed by atoms with Gasteiger partial charge >= 0.3 is 0 Å². The third kappa shape index (κ3) is 2.41. The number of carbonyl (C=O) groups excluding carboxylic acids is 1. The minimum Gasteiger partial charge on any atom is -0.377 e. The first-order chi connectivity index (χ1) is 9.25. The number of rotatable bonds is 2. The van der Waals surface area contributed by atoms with E-state index >= 15 is 0 Å². The fraction of sp³-hybridized carbons (Fsp3) is 0.385. The first-order valence-corrected chi connectivity index (χ1v) is 7.02. The summed E-state index contributed by atoms with van der Waals surface area (Å²) in [5.41, 5.74) is 0.918. The van der Waals surface area contributed by atoms with Crippen molar-refractivity contribution < 1.29 is 9.53 Å². The van der Waals surface area contributed by atoms with Crippen LogP contribution in [0.4, 0.5) is 0 Å². The summed E-state index contributed by atoms with van der Waals surface area (Å²) in [5, 5.41) is 6.88. The number of nitrogens with zero attached hydrogens (tertiary/aromatic N) is 2. The van der Waals surface area contributed by atoms with Gasteiger partial charge in [0, 0.05) is 17.6 Å². The van der Waals surface area contributed by atoms with Gasteiger partial charge in [-0.15, -0.1) is 11.3 Å². The topological polar surface area (TPSA) is 58.2 Å². The highest BCUT2D eigenvalue weighted by molar-refractivity contribution is 7.13. The van der Waals surface area contributed by atoms with Gasteiger partial charge in [-0.1, -0.05) is 0 Å². The first kappa shape index (κ1) is 12.4. The maximum Gasteiger partial charge on any atom is 0.264 e. The minimum atomic E-state index is -0.0776. The molecule has 0 unspecified atom stereocenters. The Labute approximate surface area is 115 Å². The SMILES string of the molecule is Cc1ccc(C(=O)N2CCOC[C@@H]2c2ccn[nH]2)s1. The molecule has 3 rings (SSSR count). The van der Waals surface area contributed by atoms with Crippen LogP contribution in [-0.4, -0.2) is 40.8 Å². The molecule has 2 aromatic rings. The number of ether oxygens (including phenoxy) is 1. The number of aromatic amines is 1. The highest BCUT2D eigenvalue weighted by Gasteiger charge is 2.30. The standard InChI is InChI=1S/C13H15N3O2S/c1-9-2-3-12(19-9)13(17)16-6-7-18-8-11(16)10-4-5-14-15-10/h2-5,11H,6-8H2,1H3,(H,14,15)/t11-/m1/s1. The number of amides is 1. The number of aryl methyl sites for hydroxylation is 1. The van der Waals surface area contributed by atoms with Crippen LogP contribution in [0.5, 0.6) is 0 Å². The Morgan fingerprint density at radius 1 is 1.53 bits per heavy atom. The summed E-state index contributed by atoms with van der Waals surface area (Å²) in [7, 11) is 0. The lowest BCUT2D eigenvalue weighted by Gasteiger charge is -2.34. The molecule has 2 aromatic heterocycles. The van der Waals surface area contributed by atoms with Crippen molar-refractivity contribution in [2.24, 2.45) is 0 Å². The number of hydrogen-bond acceptors (Lipinski definition) is 4. The smallest absolute Gasteiger partial charge is 0.264 e. The molecule has 0 aromatic carbocycles. The Morgan fingerprint density at radius 2 is 2.42 bits per heavy atom. The van der Waals surface area contributed by atoms with Crippen molar-refractivity contribution in [1.82, 2.24) is 15.1 Å². The molecule has 1 amide bonds. The molecule has 1 atom stereocenters. The molecule has 1 saturated heterocycles. The van der Waals surface area contributed by atoms with E-state index in [1.807, 2.05) is 30.0 Å². The Kier molecular flexibility index (Phi) is 3.35. The van der Waals surface area contributed by atoms with Crippen molar-refractivity contribution in [1.29, 1.82) is 0 Å². The normalized spacial score (nSPS) is 19.6. The Bertz CT molecular complexity index is 564. The lowest BCUT2D eigenvalue weighted by molar-refractivity contribution is -0.00364. The van der Waals surface area contributed by atoms with Gasteiger partial charge in [0.05, 0.1) is 29.8 Å². The molecule has 1 N–H and O–H groups in total. The van der Waals surface area contributed by atoms with Crippen LogP contribution in [0.2, 0.25) is 0 Å². The number of hydrogen-bond donors (Lipinski definition) is 1. The molecule has 1 aliphatic heterocycles. The van der Waals surface area contributed by atoms with E-state index in [0.717, 1.165) is 15.4 Å². The lowest BCUT2D eigenvalue weighted by Crippen LogP contribution is -2.43. The Balaban J connectivity index is 1.86. The van der Waals surface area contributed by atoms with Gasteiger partial charge < -0.3 is 9.64 Å². The average Bonchev–Trinajstić information content (AvgIpc) is 3.09. The Morgan fingerprint density at radius 3 is 3.11 bits per heavy atom. The van der Waals surface area contributed by atoms with Crippen LogP contribution >= 0.6 is 11.3 Å². The average molecular weight is 277 g/mol. The van der Waals surface area contributed by atoms with Crippen molar-refractivity contribution in [2.75, 3.05) is 19.8 Å². The highest BCUT2D eigenvalue weighted by atomic mass is 32.1. The van der Waals surface area contributed by atoms with E-state index in [0.29, 0.717) is 19.8 Å². The first-order valence-electron chi connectivity index (χ1n) is 6.20. The molecule has 0 bridgehead atoms. The monoisotopic (exact) mass is 277 g/mol. The molecule has 0 spiro atoms. The van der Waals surface area contributed by atoms with Crippen LogP contribution in [0, 0.1) is 6.92 Å². The van der Waals surface area contributed by atoms with Crippen molar-refractivity contribution in [3.8, 4) is 0 Å². The van der Waals surface area contributed by atoms with Gasteiger partial charge in [0.25, 0.3) is 5.91 Å². The van der Waals surface area contributed by atoms with Crippen LogP contribution in [-0.2, 0) is 4.74 Å². The predicted octanol–water partition coefficient (Wildman–Crippen LogP) is 1.99. The molecule has 5 nitrogen and oxygen atoms in total. The van der Waals surface area contributed by atoms with Crippen molar-refractivity contribution in [3.05, 3.63) is 39.8 Å². The van der Waals surface area contributed by atoms with E-state index in [-0.39, 0.29) is 11.9 Å². The van der Waals surface area contributed by atoms with Crippen molar-refractivity contribution in [2.45, 2.75) is 13.0 Å². The molecular formula is C13H15N3O2S. The van der Waals surface area contributed by atoms with Crippen LogP contribution in [0.1, 0.15) is 26.3 Å². The summed E-state index contributed by atoms with van der Waals surface area (Å²) < 4.78 is 5.49. The summed E-state index contributed by atoms with van der Waals surface area (Å²) in [6, 6.07) is 5.68. The van der Waals surface area contributed by atoms with Crippen LogP contribution < -0.4 is 0 Å². The zero-order valence-electron chi connectivity index (χ0n) is 10.6. The molecule has 0 aliphatic carbocycles. The molecule has 100 valence electrons. The summed E-state index contributed by atoms with van der Waals surface area (Å²) in [5.74, 6) is 0.0704. The summed E-state index contributed by atoms with van der Waals surface area (Å²) >= 11 is 1.53. The summed E-state index contributed by atoms with van der Waals surface area (Å²) in [4.78, 5) is 16.4. The van der Waals surface area contributed by atoms with Gasteiger partial charge in [-0.25, -0.2) is 0 Å². The van der Waals surface area contributed by atoms with E-state index in [4.69, 9.17) is 4.74 Å². The van der Waals surface area contributed by atoms with E-state index in [1.165, 1.54) is 11.3 Å². The fourth-order valence-corrected chi connectivity index (χ4v) is 3.07. The molecule has 6 heteroatoms. The quantitative estimate of drug-likeness (QED) is 0.913. The summed E-state index contributed by atoms with van der Waals surface area (Å²) in [6.07, 6.45) is 1.70. The molecular weight excluding hydrogens is 262 g/mol. The van der Waals surface area contributed by atoms with Gasteiger partial charge in [-0.2, -0.15) is 5.10 Å². The number of nitrogens with one attached hydrogen (secondary N) is 1. The van der Waals surface area contributed by atoms with E-state index in [1.54, 1.807) is 6.20 Å². The van der Waals surface area contributed by atoms with Gasteiger partial charge in [-0.3, -0.25) is 9.89 Å². The van der Waals surface area contributed by atoms with Crippen LogP contribution in [0.3, 0.4) is 0 Å². The van der Waals surface area contributed by atoms with Gasteiger partial charge in [0.15, 0.2) is 0 Å². The Hall–Kier alpha value is -1.66. The second-order valence-corrected chi connectivity index (χ2v) is 5.80. The highest BCUT2D eigenvalue weighted by Crippen LogP contribution is 2.26. The number of aromatic nitrogens is 2. The molecule has 19 heavy (non-hydrogen) atoms. The number of morpholine rings is 1. The molecule has 1 fully saturated rings. The largest absolute Gasteiger partial charge is 0.377 e. The number of carbonyl (C=O) groups is 1.